The molecule has 1 fully saturated rings. The van der Waals surface area contributed by atoms with E-state index in [-0.39, 0.29) is 10.2 Å². The number of pyridine rings is 1. The van der Waals surface area contributed by atoms with Gasteiger partial charge in [-0.25, -0.2) is 0 Å². The zero-order chi connectivity index (χ0) is 16.6. The smallest absolute Gasteiger partial charge is 0.164 e. The number of rotatable bonds is 2. The maximum atomic E-state index is 10.2. The van der Waals surface area contributed by atoms with E-state index in [1.807, 2.05) is 6.07 Å². The van der Waals surface area contributed by atoms with E-state index in [0.717, 1.165) is 0 Å². The zero-order valence-electron chi connectivity index (χ0n) is 12.2. The van der Waals surface area contributed by atoms with Crippen LogP contribution in [0.2, 0.25) is 0 Å². The van der Waals surface area contributed by atoms with Crippen LogP contribution in [-0.2, 0) is 4.74 Å². The van der Waals surface area contributed by atoms with Crippen molar-refractivity contribution in [2.75, 3.05) is 6.61 Å². The highest BCUT2D eigenvalue weighted by Gasteiger charge is 2.44. The van der Waals surface area contributed by atoms with Gasteiger partial charge in [-0.15, -0.1) is 0 Å². The van der Waals surface area contributed by atoms with Crippen molar-refractivity contribution in [3.63, 3.8) is 0 Å². The number of aryl methyl sites for hydroxylation is 2. The molecule has 0 aromatic carbocycles. The number of aromatic nitrogens is 1. The summed E-state index contributed by atoms with van der Waals surface area (Å²) in [5.74, 6) is 0. The molecule has 0 unspecified atom stereocenters. The van der Waals surface area contributed by atoms with Crippen LogP contribution in [0.5, 0.6) is 0 Å². The SMILES string of the molecule is Cc1cc(C)n([C@@H]2O[C@@H](CO)[C@@H](O)[C@@H](O)[C@H]2O)c(=S)c1C#N. The lowest BCUT2D eigenvalue weighted by Crippen LogP contribution is -2.56. The maximum Gasteiger partial charge on any atom is 0.164 e. The highest BCUT2D eigenvalue weighted by Crippen LogP contribution is 2.30. The molecule has 1 aliphatic heterocycles. The van der Waals surface area contributed by atoms with Gasteiger partial charge in [0.25, 0.3) is 0 Å². The van der Waals surface area contributed by atoms with Gasteiger partial charge in [0.1, 0.15) is 35.1 Å². The molecule has 8 heteroatoms. The largest absolute Gasteiger partial charge is 0.394 e. The average molecular weight is 326 g/mol. The van der Waals surface area contributed by atoms with Crippen LogP contribution in [0.3, 0.4) is 0 Å². The van der Waals surface area contributed by atoms with Crippen LogP contribution in [0.4, 0.5) is 0 Å². The second kappa shape index (κ2) is 6.42. The van der Waals surface area contributed by atoms with Gasteiger partial charge in [-0.2, -0.15) is 5.26 Å². The molecule has 0 spiro atoms. The minimum atomic E-state index is -1.50. The zero-order valence-corrected chi connectivity index (χ0v) is 13.0. The lowest BCUT2D eigenvalue weighted by molar-refractivity contribution is -0.252. The molecule has 7 nitrogen and oxygen atoms in total. The molecular formula is C14H18N2O5S. The number of hydrogen-bond donors (Lipinski definition) is 4. The van der Waals surface area contributed by atoms with E-state index < -0.39 is 37.3 Å². The molecule has 1 aromatic heterocycles. The van der Waals surface area contributed by atoms with Gasteiger partial charge in [0, 0.05) is 5.69 Å². The van der Waals surface area contributed by atoms with Crippen LogP contribution in [0, 0.1) is 29.8 Å². The quantitative estimate of drug-likeness (QED) is 0.550. The number of aliphatic hydroxyl groups excluding tert-OH is 4. The summed E-state index contributed by atoms with van der Waals surface area (Å²) in [4.78, 5) is 0. The van der Waals surface area contributed by atoms with Gasteiger partial charge in [0.15, 0.2) is 6.23 Å². The van der Waals surface area contributed by atoms with Crippen molar-refractivity contribution >= 4 is 12.2 Å². The summed E-state index contributed by atoms with van der Waals surface area (Å²) >= 11 is 5.29. The summed E-state index contributed by atoms with van der Waals surface area (Å²) in [6.07, 6.45) is -6.51. The topological polar surface area (TPSA) is 119 Å². The first kappa shape index (κ1) is 17.0. The number of ether oxygens (including phenoxy) is 1. The molecule has 1 aliphatic rings. The fraction of sp³-hybridized carbons (Fsp3) is 0.571. The number of hydrogen-bond acceptors (Lipinski definition) is 7. The Morgan fingerprint density at radius 3 is 2.45 bits per heavy atom. The van der Waals surface area contributed by atoms with Gasteiger partial charge in [0.05, 0.1) is 12.2 Å². The van der Waals surface area contributed by atoms with Gasteiger partial charge in [-0.1, -0.05) is 12.2 Å². The van der Waals surface area contributed by atoms with Crippen molar-refractivity contribution in [2.45, 2.75) is 44.5 Å². The monoisotopic (exact) mass is 326 g/mol. The van der Waals surface area contributed by atoms with Crippen molar-refractivity contribution < 1.29 is 25.2 Å². The Labute approximate surface area is 132 Å². The maximum absolute atomic E-state index is 10.2. The van der Waals surface area contributed by atoms with Crippen molar-refractivity contribution in [2.24, 2.45) is 0 Å². The molecule has 2 rings (SSSR count). The highest BCUT2D eigenvalue weighted by atomic mass is 32.1. The van der Waals surface area contributed by atoms with E-state index in [2.05, 4.69) is 0 Å². The molecule has 5 atom stereocenters. The molecule has 4 N–H and O–H groups in total. The van der Waals surface area contributed by atoms with Gasteiger partial charge < -0.3 is 29.7 Å². The second-order valence-corrected chi connectivity index (χ2v) is 5.74. The van der Waals surface area contributed by atoms with Gasteiger partial charge >= 0.3 is 0 Å². The molecule has 2 heterocycles. The van der Waals surface area contributed by atoms with Crippen molar-refractivity contribution in [1.82, 2.24) is 4.57 Å². The van der Waals surface area contributed by atoms with E-state index in [0.29, 0.717) is 11.3 Å². The molecule has 120 valence electrons. The van der Waals surface area contributed by atoms with E-state index in [1.165, 1.54) is 4.57 Å². The predicted molar refractivity (Wildman–Crippen MR) is 78.5 cm³/mol. The highest BCUT2D eigenvalue weighted by molar-refractivity contribution is 7.71. The van der Waals surface area contributed by atoms with Crippen molar-refractivity contribution in [3.8, 4) is 6.07 Å². The molecule has 0 bridgehead atoms. The standard InChI is InChI=1S/C14H18N2O5S/c1-6-3-7(2)16(14(22)8(6)4-15)13-12(20)11(19)10(18)9(5-17)21-13/h3,9-13,17-20H,5H2,1-2H3/t9-,10+,11+,12+,13+/m0/s1. The Bertz CT molecular complexity index is 666. The average Bonchev–Trinajstić information content (AvgIpc) is 2.47. The molecule has 0 radical (unpaired) electrons. The third-order valence-corrected chi connectivity index (χ3v) is 4.27. The van der Waals surface area contributed by atoms with Crippen LogP contribution in [0.25, 0.3) is 0 Å². The Morgan fingerprint density at radius 2 is 1.91 bits per heavy atom. The Morgan fingerprint density at radius 1 is 1.27 bits per heavy atom. The first-order chi connectivity index (χ1) is 10.3. The summed E-state index contributed by atoms with van der Waals surface area (Å²) < 4.78 is 7.09. The van der Waals surface area contributed by atoms with Crippen LogP contribution in [0.15, 0.2) is 6.07 Å². The molecule has 1 aromatic rings. The third-order valence-electron chi connectivity index (χ3n) is 3.87. The summed E-state index contributed by atoms with van der Waals surface area (Å²) in [5, 5.41) is 48.4. The summed E-state index contributed by atoms with van der Waals surface area (Å²) in [6, 6.07) is 3.72. The summed E-state index contributed by atoms with van der Waals surface area (Å²) in [6.45, 7) is 2.95. The molecule has 1 saturated heterocycles. The first-order valence-electron chi connectivity index (χ1n) is 6.76. The Balaban J connectivity index is 2.56. The van der Waals surface area contributed by atoms with E-state index >= 15 is 0 Å². The summed E-state index contributed by atoms with van der Waals surface area (Å²) in [7, 11) is 0. The van der Waals surface area contributed by atoms with Gasteiger partial charge in [0.2, 0.25) is 0 Å². The predicted octanol–water partition coefficient (Wildman–Crippen LogP) is -0.321. The molecule has 0 saturated carbocycles. The number of nitrogens with zero attached hydrogens (tertiary/aromatic N) is 2. The van der Waals surface area contributed by atoms with E-state index in [9.17, 15) is 25.7 Å². The first-order valence-corrected chi connectivity index (χ1v) is 7.17. The lowest BCUT2D eigenvalue weighted by Gasteiger charge is -2.41. The Kier molecular flexibility index (Phi) is 4.97. The fourth-order valence-electron chi connectivity index (χ4n) is 2.65. The second-order valence-electron chi connectivity index (χ2n) is 5.35. The lowest BCUT2D eigenvalue weighted by atomic mass is 9.98. The Hall–Kier alpha value is -1.34. The fourth-order valence-corrected chi connectivity index (χ4v) is 3.11. The summed E-state index contributed by atoms with van der Waals surface area (Å²) in [5.41, 5.74) is 1.61. The van der Waals surface area contributed by atoms with Crippen molar-refractivity contribution in [1.29, 1.82) is 5.26 Å². The molecule has 0 aliphatic carbocycles. The van der Waals surface area contributed by atoms with Crippen LogP contribution >= 0.6 is 12.2 Å². The minimum absolute atomic E-state index is 0.171. The minimum Gasteiger partial charge on any atom is -0.394 e. The molecule has 22 heavy (non-hydrogen) atoms. The van der Waals surface area contributed by atoms with Crippen LogP contribution < -0.4 is 0 Å². The third kappa shape index (κ3) is 2.67. The molecular weight excluding hydrogens is 308 g/mol. The number of nitriles is 1. The van der Waals surface area contributed by atoms with E-state index in [4.69, 9.17) is 17.0 Å². The normalized spacial score (nSPS) is 31.8. The number of aliphatic hydroxyl groups is 4. The van der Waals surface area contributed by atoms with Crippen LogP contribution in [-0.4, -0.2) is 56.0 Å². The van der Waals surface area contributed by atoms with E-state index in [1.54, 1.807) is 19.9 Å². The van der Waals surface area contributed by atoms with Gasteiger partial charge in [-0.3, -0.25) is 0 Å². The van der Waals surface area contributed by atoms with Gasteiger partial charge in [-0.05, 0) is 25.5 Å². The van der Waals surface area contributed by atoms with Crippen molar-refractivity contribution in [3.05, 3.63) is 27.5 Å². The van der Waals surface area contributed by atoms with Crippen LogP contribution in [0.1, 0.15) is 23.0 Å². The molecule has 0 amide bonds.